The molecule has 2 amide bonds. The van der Waals surface area contributed by atoms with Crippen LogP contribution in [-0.2, 0) is 27.6 Å². The Morgan fingerprint density at radius 3 is 2.35 bits per heavy atom. The summed E-state index contributed by atoms with van der Waals surface area (Å²) in [4.78, 5) is 26.5. The third-order valence-corrected chi connectivity index (χ3v) is 8.01. The predicted octanol–water partition coefficient (Wildman–Crippen LogP) is 3.72. The molecule has 2 aromatic carbocycles. The molecule has 4 rings (SSSR count). The Balaban J connectivity index is 1.50. The lowest BCUT2D eigenvalue weighted by Crippen LogP contribution is -2.46. The van der Waals surface area contributed by atoms with Gasteiger partial charge in [-0.1, -0.05) is 18.2 Å². The van der Waals surface area contributed by atoms with E-state index in [1.807, 2.05) is 18.2 Å². The fourth-order valence-electron chi connectivity index (χ4n) is 4.67. The van der Waals surface area contributed by atoms with Gasteiger partial charge in [0.1, 0.15) is 0 Å². The Hall–Kier alpha value is -2.91. The summed E-state index contributed by atoms with van der Waals surface area (Å²) in [6.45, 7) is 2.99. The van der Waals surface area contributed by atoms with Crippen LogP contribution in [0.25, 0.3) is 0 Å². The first kappa shape index (κ1) is 24.2. The van der Waals surface area contributed by atoms with Crippen molar-refractivity contribution in [2.45, 2.75) is 56.4 Å². The maximum absolute atomic E-state index is 13.3. The molecule has 34 heavy (non-hydrogen) atoms. The number of hydrogen-bond donors (Lipinski definition) is 2. The highest BCUT2D eigenvalue weighted by atomic mass is 32.2. The van der Waals surface area contributed by atoms with Gasteiger partial charge >= 0.3 is 6.09 Å². The largest absolute Gasteiger partial charge is 0.450 e. The van der Waals surface area contributed by atoms with Crippen LogP contribution in [-0.4, -0.2) is 51.1 Å². The highest BCUT2D eigenvalue weighted by Gasteiger charge is 2.30. The van der Waals surface area contributed by atoms with Crippen molar-refractivity contribution >= 4 is 27.7 Å². The molecule has 1 saturated heterocycles. The number of carbonyl (C=O) groups excluding carboxylic acids is 2. The summed E-state index contributed by atoms with van der Waals surface area (Å²) in [6, 6.07) is 12.0. The minimum atomic E-state index is -3.74. The van der Waals surface area contributed by atoms with E-state index < -0.39 is 10.0 Å². The summed E-state index contributed by atoms with van der Waals surface area (Å²) >= 11 is 0. The van der Waals surface area contributed by atoms with Crippen LogP contribution in [0.3, 0.4) is 0 Å². The highest BCUT2D eigenvalue weighted by molar-refractivity contribution is 7.89. The topological polar surface area (TPSA) is 105 Å². The molecule has 9 heteroatoms. The van der Waals surface area contributed by atoms with Gasteiger partial charge in [-0.3, -0.25) is 4.79 Å². The van der Waals surface area contributed by atoms with E-state index in [0.29, 0.717) is 50.2 Å². The average Bonchev–Trinajstić information content (AvgIpc) is 2.85. The van der Waals surface area contributed by atoms with E-state index in [0.717, 1.165) is 30.4 Å². The standard InChI is InChI=1S/C25H31N3O5S/c1-2-33-25(30)28-16-14-19(15-17-28)27-34(31,32)23-13-12-22(20-10-6-7-11-21(20)23)26-24(29)18-8-4-3-5-9-18/h3-5,8-9,12-13,19,27H,2,6-7,10-11,14-17H2,1H3,(H,26,29). The van der Waals surface area contributed by atoms with Crippen LogP contribution in [0.2, 0.25) is 0 Å². The van der Waals surface area contributed by atoms with Gasteiger partial charge in [-0.15, -0.1) is 0 Å². The molecule has 0 saturated carbocycles. The predicted molar refractivity (Wildman–Crippen MR) is 129 cm³/mol. The molecule has 2 aromatic rings. The van der Waals surface area contributed by atoms with Gasteiger partial charge in [0.15, 0.2) is 0 Å². The summed E-state index contributed by atoms with van der Waals surface area (Å²) in [7, 11) is -3.74. The Kier molecular flexibility index (Phi) is 7.53. The SMILES string of the molecule is CCOC(=O)N1CCC(NS(=O)(=O)c2ccc(NC(=O)c3ccccc3)c3c2CCCC3)CC1. The van der Waals surface area contributed by atoms with E-state index in [4.69, 9.17) is 4.74 Å². The minimum Gasteiger partial charge on any atom is -0.450 e. The summed E-state index contributed by atoms with van der Waals surface area (Å²) < 4.78 is 34.6. The number of rotatable bonds is 6. The van der Waals surface area contributed by atoms with Crippen LogP contribution in [0.15, 0.2) is 47.4 Å². The van der Waals surface area contributed by atoms with E-state index in [9.17, 15) is 18.0 Å². The maximum Gasteiger partial charge on any atom is 0.409 e. The second-order valence-electron chi connectivity index (χ2n) is 8.68. The summed E-state index contributed by atoms with van der Waals surface area (Å²) in [5.74, 6) is -0.213. The molecule has 0 radical (unpaired) electrons. The van der Waals surface area contributed by atoms with Crippen molar-refractivity contribution in [3.63, 3.8) is 0 Å². The van der Waals surface area contributed by atoms with Gasteiger partial charge in [0.05, 0.1) is 11.5 Å². The van der Waals surface area contributed by atoms with Gasteiger partial charge in [0.25, 0.3) is 5.91 Å². The molecule has 8 nitrogen and oxygen atoms in total. The fraction of sp³-hybridized carbons (Fsp3) is 0.440. The molecule has 2 N–H and O–H groups in total. The van der Waals surface area contributed by atoms with Crippen molar-refractivity contribution in [3.8, 4) is 0 Å². The number of hydrogen-bond acceptors (Lipinski definition) is 5. The molecule has 0 aromatic heterocycles. The molecule has 0 spiro atoms. The van der Waals surface area contributed by atoms with E-state index >= 15 is 0 Å². The van der Waals surface area contributed by atoms with E-state index in [1.165, 1.54) is 0 Å². The monoisotopic (exact) mass is 485 g/mol. The lowest BCUT2D eigenvalue weighted by atomic mass is 9.90. The van der Waals surface area contributed by atoms with Crippen molar-refractivity contribution in [3.05, 3.63) is 59.2 Å². The molecule has 1 aliphatic carbocycles. The van der Waals surface area contributed by atoms with Crippen molar-refractivity contribution in [1.29, 1.82) is 0 Å². The highest BCUT2D eigenvalue weighted by Crippen LogP contribution is 2.33. The van der Waals surface area contributed by atoms with Gasteiger partial charge in [-0.05, 0) is 80.8 Å². The number of carbonyl (C=O) groups is 2. The zero-order chi connectivity index (χ0) is 24.1. The number of nitrogens with one attached hydrogen (secondary N) is 2. The molecule has 182 valence electrons. The van der Waals surface area contributed by atoms with Gasteiger partial charge in [0.2, 0.25) is 10.0 Å². The normalized spacial score (nSPS) is 16.6. The van der Waals surface area contributed by atoms with Crippen LogP contribution < -0.4 is 10.0 Å². The molecule has 0 unspecified atom stereocenters. The maximum atomic E-state index is 13.3. The minimum absolute atomic E-state index is 0.213. The lowest BCUT2D eigenvalue weighted by molar-refractivity contribution is 0.0964. The van der Waals surface area contributed by atoms with E-state index in [-0.39, 0.29) is 22.9 Å². The molecular weight excluding hydrogens is 454 g/mol. The number of amides is 2. The number of benzene rings is 2. The van der Waals surface area contributed by atoms with Gasteiger partial charge < -0.3 is 15.0 Å². The summed E-state index contributed by atoms with van der Waals surface area (Å²) in [5, 5.41) is 2.97. The third-order valence-electron chi connectivity index (χ3n) is 6.41. The average molecular weight is 486 g/mol. The van der Waals surface area contributed by atoms with Crippen molar-refractivity contribution < 1.29 is 22.7 Å². The molecule has 2 aliphatic rings. The summed E-state index contributed by atoms with van der Waals surface area (Å²) in [5.41, 5.74) is 2.91. The van der Waals surface area contributed by atoms with E-state index in [2.05, 4.69) is 10.0 Å². The molecule has 1 aliphatic heterocycles. The van der Waals surface area contributed by atoms with Crippen LogP contribution in [0.5, 0.6) is 0 Å². The van der Waals surface area contributed by atoms with E-state index in [1.54, 1.807) is 36.1 Å². The van der Waals surface area contributed by atoms with Crippen LogP contribution in [0.1, 0.15) is 54.1 Å². The Bertz CT molecular complexity index is 1140. The third kappa shape index (κ3) is 5.42. The first-order valence-corrected chi connectivity index (χ1v) is 13.3. The van der Waals surface area contributed by atoms with Crippen LogP contribution in [0, 0.1) is 0 Å². The Labute approximate surface area is 200 Å². The molecule has 0 bridgehead atoms. The quantitative estimate of drug-likeness (QED) is 0.649. The number of anilines is 1. The Morgan fingerprint density at radius 1 is 1.00 bits per heavy atom. The first-order valence-electron chi connectivity index (χ1n) is 11.8. The number of nitrogens with zero attached hydrogens (tertiary/aromatic N) is 1. The fourth-order valence-corrected chi connectivity index (χ4v) is 6.26. The second kappa shape index (κ2) is 10.6. The number of sulfonamides is 1. The van der Waals surface area contributed by atoms with Crippen molar-refractivity contribution in [1.82, 2.24) is 9.62 Å². The molecule has 0 atom stereocenters. The number of likely N-dealkylation sites (tertiary alicyclic amines) is 1. The van der Waals surface area contributed by atoms with Crippen molar-refractivity contribution in [2.75, 3.05) is 25.0 Å². The smallest absolute Gasteiger partial charge is 0.409 e. The first-order chi connectivity index (χ1) is 16.4. The number of ether oxygens (including phenoxy) is 1. The van der Waals surface area contributed by atoms with Gasteiger partial charge in [0, 0.05) is 30.4 Å². The summed E-state index contributed by atoms with van der Waals surface area (Å²) in [6.07, 6.45) is 3.94. The molecule has 1 fully saturated rings. The van der Waals surface area contributed by atoms with Crippen LogP contribution >= 0.6 is 0 Å². The van der Waals surface area contributed by atoms with Gasteiger partial charge in [-0.2, -0.15) is 0 Å². The van der Waals surface area contributed by atoms with Crippen molar-refractivity contribution in [2.24, 2.45) is 0 Å². The zero-order valence-corrected chi connectivity index (χ0v) is 20.2. The molecule has 1 heterocycles. The Morgan fingerprint density at radius 2 is 1.68 bits per heavy atom. The second-order valence-corrected chi connectivity index (χ2v) is 10.4. The number of piperidine rings is 1. The zero-order valence-electron chi connectivity index (χ0n) is 19.4. The van der Waals surface area contributed by atoms with Gasteiger partial charge in [-0.25, -0.2) is 17.9 Å². The number of fused-ring (bicyclic) bond motifs is 1. The lowest BCUT2D eigenvalue weighted by Gasteiger charge is -2.32. The molecular formula is C25H31N3O5S. The van der Waals surface area contributed by atoms with Crippen LogP contribution in [0.4, 0.5) is 10.5 Å².